The largest absolute Gasteiger partial charge is 0.496 e. The van der Waals surface area contributed by atoms with E-state index in [4.69, 9.17) is 9.47 Å². The maximum absolute atomic E-state index is 14.2. The first kappa shape index (κ1) is 24.5. The number of carbonyl (C=O) groups is 1. The minimum Gasteiger partial charge on any atom is -0.496 e. The number of nitrogens with one attached hydrogen (secondary N) is 1. The van der Waals surface area contributed by atoms with Gasteiger partial charge in [-0.05, 0) is 60.6 Å². The second-order valence-corrected chi connectivity index (χ2v) is 10.6. The van der Waals surface area contributed by atoms with Crippen molar-refractivity contribution in [2.45, 2.75) is 76.4 Å². The third-order valence-electron chi connectivity index (χ3n) is 7.36. The topological polar surface area (TPSA) is 67.8 Å². The number of esters is 1. The van der Waals surface area contributed by atoms with Crippen molar-refractivity contribution in [2.24, 2.45) is 5.92 Å². The molecule has 2 aromatic carbocycles. The van der Waals surface area contributed by atoms with Crippen LogP contribution in [0.3, 0.4) is 0 Å². The van der Waals surface area contributed by atoms with E-state index in [0.717, 1.165) is 29.7 Å². The normalized spacial score (nSPS) is 18.2. The lowest BCUT2D eigenvalue weighted by atomic mass is 9.70. The van der Waals surface area contributed by atoms with Gasteiger partial charge in [0.05, 0.1) is 18.3 Å². The van der Waals surface area contributed by atoms with Crippen LogP contribution in [0.25, 0.3) is 0 Å². The van der Waals surface area contributed by atoms with Crippen LogP contribution >= 0.6 is 0 Å². The molecule has 0 saturated heterocycles. The van der Waals surface area contributed by atoms with Gasteiger partial charge in [0.15, 0.2) is 0 Å². The van der Waals surface area contributed by atoms with Crippen molar-refractivity contribution in [3.63, 3.8) is 0 Å². The molecule has 1 fully saturated rings. The van der Waals surface area contributed by atoms with Gasteiger partial charge in [-0.25, -0.2) is 9.18 Å². The van der Waals surface area contributed by atoms with Gasteiger partial charge in [-0.3, -0.25) is 0 Å². The number of hydrogen-bond acceptors (Lipinski definition) is 5. The molecule has 0 aromatic heterocycles. The fourth-order valence-corrected chi connectivity index (χ4v) is 5.77. The number of anilines is 1. The number of hydrogen-bond donors (Lipinski definition) is 2. The van der Waals surface area contributed by atoms with Gasteiger partial charge in [0.1, 0.15) is 18.2 Å². The standard InChI is InChI=1S/C28H36FNO4/c1-27(2,24-14-21(29)9-12-25(24)33-3)17-28(32,15-19-7-5-4-6-8-19)18-30-22-10-11-23-20(13-22)16-34-26(23)31/h9-14,19,30,32H,4-8,15-18H2,1-3H3. The van der Waals surface area contributed by atoms with Gasteiger partial charge in [-0.1, -0.05) is 46.0 Å². The lowest BCUT2D eigenvalue weighted by molar-refractivity contribution is -0.00245. The highest BCUT2D eigenvalue weighted by Gasteiger charge is 2.39. The maximum Gasteiger partial charge on any atom is 0.338 e. The molecule has 1 atom stereocenters. The first-order chi connectivity index (χ1) is 16.2. The summed E-state index contributed by atoms with van der Waals surface area (Å²) in [6.07, 6.45) is 7.06. The Morgan fingerprint density at radius 3 is 2.65 bits per heavy atom. The molecule has 1 unspecified atom stereocenters. The number of benzene rings is 2. The molecule has 2 N–H and O–H groups in total. The Morgan fingerprint density at radius 2 is 1.91 bits per heavy atom. The number of carbonyl (C=O) groups excluding carboxylic acids is 1. The summed E-state index contributed by atoms with van der Waals surface area (Å²) in [6.45, 7) is 4.71. The highest BCUT2D eigenvalue weighted by Crippen LogP contribution is 2.42. The van der Waals surface area contributed by atoms with Crippen LogP contribution < -0.4 is 10.1 Å². The molecule has 1 aliphatic heterocycles. The molecule has 4 rings (SSSR count). The van der Waals surface area contributed by atoms with Crippen molar-refractivity contribution >= 4 is 11.7 Å². The summed E-state index contributed by atoms with van der Waals surface area (Å²) >= 11 is 0. The van der Waals surface area contributed by atoms with E-state index in [1.165, 1.54) is 31.4 Å². The number of ether oxygens (including phenoxy) is 2. The highest BCUT2D eigenvalue weighted by molar-refractivity contribution is 5.93. The summed E-state index contributed by atoms with van der Waals surface area (Å²) in [6, 6.07) is 10.1. The van der Waals surface area contributed by atoms with E-state index in [2.05, 4.69) is 5.32 Å². The summed E-state index contributed by atoms with van der Waals surface area (Å²) in [4.78, 5) is 11.8. The second kappa shape index (κ2) is 9.95. The van der Waals surface area contributed by atoms with Crippen molar-refractivity contribution in [1.29, 1.82) is 0 Å². The van der Waals surface area contributed by atoms with Crippen LogP contribution in [-0.4, -0.2) is 30.3 Å². The molecule has 0 bridgehead atoms. The Morgan fingerprint density at radius 1 is 1.15 bits per heavy atom. The van der Waals surface area contributed by atoms with Gasteiger partial charge >= 0.3 is 5.97 Å². The summed E-state index contributed by atoms with van der Waals surface area (Å²) in [5.74, 6) is 0.494. The van der Waals surface area contributed by atoms with E-state index in [1.807, 2.05) is 26.0 Å². The summed E-state index contributed by atoms with van der Waals surface area (Å²) in [7, 11) is 1.59. The summed E-state index contributed by atoms with van der Waals surface area (Å²) in [5, 5.41) is 15.4. The molecule has 1 heterocycles. The minimum absolute atomic E-state index is 0.280. The molecule has 6 heteroatoms. The number of rotatable bonds is 9. The monoisotopic (exact) mass is 469 g/mol. The van der Waals surface area contributed by atoms with E-state index < -0.39 is 11.0 Å². The summed E-state index contributed by atoms with van der Waals surface area (Å²) in [5.41, 5.74) is 1.54. The predicted molar refractivity (Wildman–Crippen MR) is 131 cm³/mol. The van der Waals surface area contributed by atoms with Crippen LogP contribution in [0.1, 0.15) is 80.3 Å². The van der Waals surface area contributed by atoms with Crippen LogP contribution in [0.4, 0.5) is 10.1 Å². The minimum atomic E-state index is -1.01. The van der Waals surface area contributed by atoms with E-state index in [1.54, 1.807) is 19.2 Å². The third kappa shape index (κ3) is 5.54. The van der Waals surface area contributed by atoms with Crippen molar-refractivity contribution in [2.75, 3.05) is 19.0 Å². The van der Waals surface area contributed by atoms with E-state index in [-0.39, 0.29) is 18.4 Å². The van der Waals surface area contributed by atoms with E-state index >= 15 is 0 Å². The predicted octanol–water partition coefficient (Wildman–Crippen LogP) is 5.99. The molecule has 34 heavy (non-hydrogen) atoms. The third-order valence-corrected chi connectivity index (χ3v) is 7.36. The second-order valence-electron chi connectivity index (χ2n) is 10.6. The molecular formula is C28H36FNO4. The highest BCUT2D eigenvalue weighted by atomic mass is 19.1. The Bertz CT molecular complexity index is 1030. The molecule has 0 amide bonds. The lowest BCUT2D eigenvalue weighted by Gasteiger charge is -2.40. The zero-order valence-corrected chi connectivity index (χ0v) is 20.5. The fraction of sp³-hybridized carbons (Fsp3) is 0.536. The zero-order chi connectivity index (χ0) is 24.3. The fourth-order valence-electron chi connectivity index (χ4n) is 5.77. The molecule has 2 aliphatic rings. The summed E-state index contributed by atoms with van der Waals surface area (Å²) < 4.78 is 24.8. The van der Waals surface area contributed by atoms with Gasteiger partial charge in [0, 0.05) is 23.4 Å². The van der Waals surface area contributed by atoms with Crippen LogP contribution in [0.15, 0.2) is 36.4 Å². The Hall–Kier alpha value is -2.60. The quantitative estimate of drug-likeness (QED) is 0.442. The molecule has 1 saturated carbocycles. The SMILES string of the molecule is COc1ccc(F)cc1C(C)(C)CC(O)(CNc1ccc2c(c1)COC2=O)CC1CCCCC1. The Labute approximate surface area is 201 Å². The average molecular weight is 470 g/mol. The van der Waals surface area contributed by atoms with Crippen LogP contribution in [0, 0.1) is 11.7 Å². The number of methoxy groups -OCH3 is 1. The molecule has 0 radical (unpaired) electrons. The van der Waals surface area contributed by atoms with Crippen molar-refractivity contribution in [3.8, 4) is 5.75 Å². The lowest BCUT2D eigenvalue weighted by Crippen LogP contribution is -2.44. The van der Waals surface area contributed by atoms with Gasteiger partial charge < -0.3 is 19.9 Å². The van der Waals surface area contributed by atoms with Gasteiger partial charge in [-0.2, -0.15) is 0 Å². The first-order valence-corrected chi connectivity index (χ1v) is 12.3. The van der Waals surface area contributed by atoms with Gasteiger partial charge in [0.2, 0.25) is 0 Å². The first-order valence-electron chi connectivity index (χ1n) is 12.3. The van der Waals surface area contributed by atoms with E-state index in [0.29, 0.717) is 36.6 Å². The van der Waals surface area contributed by atoms with Crippen molar-refractivity contribution in [3.05, 3.63) is 58.9 Å². The molecule has 5 nitrogen and oxygen atoms in total. The molecule has 1 aliphatic carbocycles. The molecular weight excluding hydrogens is 433 g/mol. The van der Waals surface area contributed by atoms with Gasteiger partial charge in [-0.15, -0.1) is 0 Å². The Kier molecular flexibility index (Phi) is 7.17. The molecule has 184 valence electrons. The number of aliphatic hydroxyl groups is 1. The van der Waals surface area contributed by atoms with Gasteiger partial charge in [0.25, 0.3) is 0 Å². The van der Waals surface area contributed by atoms with E-state index in [9.17, 15) is 14.3 Å². The zero-order valence-electron chi connectivity index (χ0n) is 20.5. The van der Waals surface area contributed by atoms with Crippen LogP contribution in [-0.2, 0) is 16.8 Å². The Balaban J connectivity index is 1.56. The number of fused-ring (bicyclic) bond motifs is 1. The number of cyclic esters (lactones) is 1. The maximum atomic E-state index is 14.2. The molecule has 0 spiro atoms. The van der Waals surface area contributed by atoms with Crippen LogP contribution in [0.2, 0.25) is 0 Å². The smallest absolute Gasteiger partial charge is 0.338 e. The van der Waals surface area contributed by atoms with Crippen molar-refractivity contribution < 1.29 is 23.8 Å². The van der Waals surface area contributed by atoms with Crippen molar-refractivity contribution in [1.82, 2.24) is 0 Å². The number of halogens is 1. The van der Waals surface area contributed by atoms with Crippen LogP contribution in [0.5, 0.6) is 5.75 Å². The average Bonchev–Trinajstić information content (AvgIpc) is 3.18. The molecule has 2 aromatic rings.